The Kier molecular flexibility index (Phi) is 5.58. The molecule has 0 unspecified atom stereocenters. The van der Waals surface area contributed by atoms with E-state index in [9.17, 15) is 4.39 Å². The van der Waals surface area contributed by atoms with Crippen LogP contribution in [-0.4, -0.2) is 45.3 Å². The lowest BCUT2D eigenvalue weighted by atomic mass is 9.99. The predicted molar refractivity (Wildman–Crippen MR) is 112 cm³/mol. The molecule has 0 saturated carbocycles. The van der Waals surface area contributed by atoms with Crippen molar-refractivity contribution in [3.8, 4) is 11.1 Å². The van der Waals surface area contributed by atoms with Gasteiger partial charge in [0.2, 0.25) is 5.95 Å². The predicted octanol–water partition coefficient (Wildman–Crippen LogP) is 3.90. The van der Waals surface area contributed by atoms with Crippen molar-refractivity contribution in [2.24, 2.45) is 0 Å². The van der Waals surface area contributed by atoms with Crippen molar-refractivity contribution < 1.29 is 4.39 Å². The first-order chi connectivity index (χ1) is 14.0. The second-order valence-corrected chi connectivity index (χ2v) is 7.71. The molecule has 1 aromatic carbocycles. The highest BCUT2D eigenvalue weighted by Gasteiger charge is 2.30. The van der Waals surface area contributed by atoms with Crippen LogP contribution >= 0.6 is 0 Å². The van der Waals surface area contributed by atoms with Crippen LogP contribution in [0.5, 0.6) is 0 Å². The SMILES string of the molecule is CCn1cc(CN2CCC[C@H]2c2nc(N(C)C)ncc2-c2cccc(F)c2)cn1. The van der Waals surface area contributed by atoms with Gasteiger partial charge in [-0.3, -0.25) is 9.58 Å². The quantitative estimate of drug-likeness (QED) is 0.635. The third-order valence-corrected chi connectivity index (χ3v) is 5.42. The zero-order valence-electron chi connectivity index (χ0n) is 17.2. The molecule has 0 aliphatic carbocycles. The normalized spacial score (nSPS) is 17.0. The first-order valence-corrected chi connectivity index (χ1v) is 10.1. The highest BCUT2D eigenvalue weighted by atomic mass is 19.1. The van der Waals surface area contributed by atoms with Gasteiger partial charge in [-0.05, 0) is 44.0 Å². The molecular formula is C22H27FN6. The Hall–Kier alpha value is -2.80. The molecule has 1 fully saturated rings. The topological polar surface area (TPSA) is 50.1 Å². The molecule has 1 saturated heterocycles. The van der Waals surface area contributed by atoms with E-state index in [2.05, 4.69) is 28.1 Å². The molecule has 0 N–H and O–H groups in total. The van der Waals surface area contributed by atoms with E-state index < -0.39 is 0 Å². The lowest BCUT2D eigenvalue weighted by Crippen LogP contribution is -2.25. The van der Waals surface area contributed by atoms with Gasteiger partial charge >= 0.3 is 0 Å². The number of benzene rings is 1. The van der Waals surface area contributed by atoms with E-state index >= 15 is 0 Å². The number of rotatable bonds is 6. The van der Waals surface area contributed by atoms with Crippen molar-refractivity contribution >= 4 is 5.95 Å². The third kappa shape index (κ3) is 4.15. The zero-order valence-corrected chi connectivity index (χ0v) is 17.2. The Morgan fingerprint density at radius 2 is 2.10 bits per heavy atom. The molecule has 6 nitrogen and oxygen atoms in total. The maximum atomic E-state index is 13.9. The van der Waals surface area contributed by atoms with E-state index in [4.69, 9.17) is 4.98 Å². The minimum Gasteiger partial charge on any atom is -0.347 e. The number of aryl methyl sites for hydroxylation is 1. The summed E-state index contributed by atoms with van der Waals surface area (Å²) in [5.74, 6) is 0.422. The van der Waals surface area contributed by atoms with Crippen molar-refractivity contribution in [2.45, 2.75) is 38.9 Å². The molecule has 4 rings (SSSR count). The molecular weight excluding hydrogens is 367 g/mol. The van der Waals surface area contributed by atoms with E-state index in [1.807, 2.05) is 42.1 Å². The van der Waals surface area contributed by atoms with Gasteiger partial charge in [-0.15, -0.1) is 0 Å². The largest absolute Gasteiger partial charge is 0.347 e. The number of hydrogen-bond acceptors (Lipinski definition) is 5. The molecule has 3 aromatic rings. The van der Waals surface area contributed by atoms with E-state index in [0.717, 1.165) is 49.3 Å². The Balaban J connectivity index is 1.71. The maximum Gasteiger partial charge on any atom is 0.225 e. The molecule has 2 aromatic heterocycles. The van der Waals surface area contributed by atoms with Crippen molar-refractivity contribution in [1.82, 2.24) is 24.6 Å². The number of nitrogens with zero attached hydrogens (tertiary/aromatic N) is 6. The molecule has 1 atom stereocenters. The molecule has 0 bridgehead atoms. The summed E-state index contributed by atoms with van der Waals surface area (Å²) in [5, 5.41) is 4.40. The molecule has 0 amide bonds. The van der Waals surface area contributed by atoms with Crippen LogP contribution in [0.25, 0.3) is 11.1 Å². The number of halogens is 1. The molecule has 3 heterocycles. The van der Waals surface area contributed by atoms with Gasteiger partial charge in [-0.25, -0.2) is 14.4 Å². The highest BCUT2D eigenvalue weighted by molar-refractivity contribution is 5.66. The molecule has 0 radical (unpaired) electrons. The fraction of sp³-hybridized carbons (Fsp3) is 0.409. The van der Waals surface area contributed by atoms with E-state index in [-0.39, 0.29) is 11.9 Å². The average molecular weight is 394 g/mol. The van der Waals surface area contributed by atoms with E-state index in [0.29, 0.717) is 5.95 Å². The summed E-state index contributed by atoms with van der Waals surface area (Å²) in [6, 6.07) is 6.85. The van der Waals surface area contributed by atoms with Crippen molar-refractivity contribution in [1.29, 1.82) is 0 Å². The summed E-state index contributed by atoms with van der Waals surface area (Å²) in [4.78, 5) is 13.8. The van der Waals surface area contributed by atoms with Crippen LogP contribution in [0.3, 0.4) is 0 Å². The molecule has 29 heavy (non-hydrogen) atoms. The fourth-order valence-electron chi connectivity index (χ4n) is 3.95. The lowest BCUT2D eigenvalue weighted by molar-refractivity contribution is 0.245. The number of likely N-dealkylation sites (tertiary alicyclic amines) is 1. The summed E-state index contributed by atoms with van der Waals surface area (Å²) < 4.78 is 15.9. The smallest absolute Gasteiger partial charge is 0.225 e. The van der Waals surface area contributed by atoms with Crippen LogP contribution in [0.1, 0.15) is 37.1 Å². The van der Waals surface area contributed by atoms with Crippen LogP contribution in [0.2, 0.25) is 0 Å². The van der Waals surface area contributed by atoms with Gasteiger partial charge in [0, 0.05) is 50.7 Å². The standard InChI is InChI=1S/C22H27FN6/c1-4-29-15-16(12-25-29)14-28-10-6-9-20(28)21-19(13-24-22(26-21)27(2)3)17-7-5-8-18(23)11-17/h5,7-8,11-13,15,20H,4,6,9-10,14H2,1-3H3/t20-/m0/s1. The minimum atomic E-state index is -0.250. The lowest BCUT2D eigenvalue weighted by Gasteiger charge is -2.26. The fourth-order valence-corrected chi connectivity index (χ4v) is 3.95. The molecule has 7 heteroatoms. The van der Waals surface area contributed by atoms with Gasteiger partial charge in [0.1, 0.15) is 5.82 Å². The van der Waals surface area contributed by atoms with E-state index in [1.54, 1.807) is 12.1 Å². The Labute approximate surface area is 171 Å². The summed E-state index contributed by atoms with van der Waals surface area (Å²) >= 11 is 0. The Bertz CT molecular complexity index is 983. The summed E-state index contributed by atoms with van der Waals surface area (Å²) in [6.07, 6.45) is 8.01. The molecule has 0 spiro atoms. The molecule has 1 aliphatic rings. The van der Waals surface area contributed by atoms with Gasteiger partial charge in [-0.1, -0.05) is 12.1 Å². The molecule has 152 valence electrons. The first kappa shape index (κ1) is 19.5. The third-order valence-electron chi connectivity index (χ3n) is 5.42. The second-order valence-electron chi connectivity index (χ2n) is 7.71. The van der Waals surface area contributed by atoms with Gasteiger partial charge in [0.15, 0.2) is 0 Å². The van der Waals surface area contributed by atoms with Crippen LogP contribution in [0.4, 0.5) is 10.3 Å². The Morgan fingerprint density at radius 3 is 2.83 bits per heavy atom. The second kappa shape index (κ2) is 8.29. The number of aromatic nitrogens is 4. The van der Waals surface area contributed by atoms with Crippen molar-refractivity contribution in [2.75, 3.05) is 25.5 Å². The monoisotopic (exact) mass is 394 g/mol. The van der Waals surface area contributed by atoms with Crippen LogP contribution in [-0.2, 0) is 13.1 Å². The summed E-state index contributed by atoms with van der Waals surface area (Å²) in [6.45, 7) is 4.79. The minimum absolute atomic E-state index is 0.167. The van der Waals surface area contributed by atoms with E-state index in [1.165, 1.54) is 11.6 Å². The van der Waals surface area contributed by atoms with Crippen LogP contribution < -0.4 is 4.90 Å². The Morgan fingerprint density at radius 1 is 1.24 bits per heavy atom. The van der Waals surface area contributed by atoms with Gasteiger partial charge in [-0.2, -0.15) is 5.10 Å². The first-order valence-electron chi connectivity index (χ1n) is 10.1. The number of hydrogen-bond donors (Lipinski definition) is 0. The maximum absolute atomic E-state index is 13.9. The van der Waals surface area contributed by atoms with Crippen LogP contribution in [0, 0.1) is 5.82 Å². The summed E-state index contributed by atoms with van der Waals surface area (Å²) in [7, 11) is 3.87. The molecule has 1 aliphatic heterocycles. The number of anilines is 1. The van der Waals surface area contributed by atoms with Gasteiger partial charge in [0.25, 0.3) is 0 Å². The van der Waals surface area contributed by atoms with Gasteiger partial charge < -0.3 is 4.90 Å². The van der Waals surface area contributed by atoms with Crippen molar-refractivity contribution in [3.63, 3.8) is 0 Å². The summed E-state index contributed by atoms with van der Waals surface area (Å²) in [5.41, 5.74) is 3.88. The van der Waals surface area contributed by atoms with Crippen molar-refractivity contribution in [3.05, 3.63) is 59.9 Å². The van der Waals surface area contributed by atoms with Gasteiger partial charge in [0.05, 0.1) is 17.9 Å². The zero-order chi connectivity index (χ0) is 20.4. The average Bonchev–Trinajstić information content (AvgIpc) is 3.37. The highest BCUT2D eigenvalue weighted by Crippen LogP contribution is 2.38. The van der Waals surface area contributed by atoms with Crippen LogP contribution in [0.15, 0.2) is 42.9 Å².